The number of carbonyl (C=O) groups excluding carboxylic acids is 1. The molecule has 3 N–H and O–H groups in total. The van der Waals surface area contributed by atoms with E-state index in [1.165, 1.54) is 29.7 Å². The van der Waals surface area contributed by atoms with Gasteiger partial charge in [0, 0.05) is 23.8 Å². The van der Waals surface area contributed by atoms with Gasteiger partial charge in [-0.05, 0) is 25.1 Å². The van der Waals surface area contributed by atoms with E-state index in [4.69, 9.17) is 4.74 Å². The second kappa shape index (κ2) is 7.48. The van der Waals surface area contributed by atoms with Crippen LogP contribution in [0, 0.1) is 0 Å². The summed E-state index contributed by atoms with van der Waals surface area (Å²) in [5, 5.41) is 7.78. The molecule has 0 spiro atoms. The molecule has 1 aliphatic rings. The van der Waals surface area contributed by atoms with Crippen LogP contribution in [0.5, 0.6) is 0 Å². The van der Waals surface area contributed by atoms with Gasteiger partial charge in [-0.25, -0.2) is 13.4 Å². The van der Waals surface area contributed by atoms with E-state index in [-0.39, 0.29) is 22.0 Å². The molecule has 0 radical (unpaired) electrons. The van der Waals surface area contributed by atoms with Crippen LogP contribution in [0.2, 0.25) is 0 Å². The first-order valence-electron chi connectivity index (χ1n) is 7.64. The molecule has 25 heavy (non-hydrogen) atoms. The monoisotopic (exact) mass is 382 g/mol. The van der Waals surface area contributed by atoms with E-state index in [1.807, 2.05) is 6.92 Å². The van der Waals surface area contributed by atoms with E-state index in [0.29, 0.717) is 18.8 Å². The van der Waals surface area contributed by atoms with Gasteiger partial charge in [-0.3, -0.25) is 9.52 Å². The van der Waals surface area contributed by atoms with Crippen molar-refractivity contribution in [2.75, 3.05) is 23.2 Å². The number of sulfonamides is 1. The summed E-state index contributed by atoms with van der Waals surface area (Å²) in [6, 6.07) is 5.58. The number of anilines is 2. The number of thiazole rings is 1. The minimum atomic E-state index is -3.77. The molecule has 1 aliphatic heterocycles. The second-order valence-electron chi connectivity index (χ2n) is 5.47. The smallest absolute Gasteiger partial charge is 0.263 e. The Morgan fingerprint density at radius 3 is 3.00 bits per heavy atom. The Hall–Kier alpha value is -2.01. The first kappa shape index (κ1) is 17.8. The number of morpholine rings is 1. The van der Waals surface area contributed by atoms with Crippen molar-refractivity contribution in [3.8, 4) is 0 Å². The number of carbonyl (C=O) groups is 1. The summed E-state index contributed by atoms with van der Waals surface area (Å²) >= 11 is 1.19. The predicted octanol–water partition coefficient (Wildman–Crippen LogP) is 1.26. The summed E-state index contributed by atoms with van der Waals surface area (Å²) < 4.78 is 32.7. The Morgan fingerprint density at radius 1 is 1.44 bits per heavy atom. The highest BCUT2D eigenvalue weighted by Gasteiger charge is 2.28. The lowest BCUT2D eigenvalue weighted by atomic mass is 10.1. The molecule has 134 valence electrons. The first-order valence-corrected chi connectivity index (χ1v) is 10.0. The van der Waals surface area contributed by atoms with Crippen molar-refractivity contribution in [2.45, 2.75) is 24.0 Å². The number of hydrogen-bond acceptors (Lipinski definition) is 7. The van der Waals surface area contributed by atoms with Crippen molar-refractivity contribution in [3.63, 3.8) is 0 Å². The van der Waals surface area contributed by atoms with Crippen LogP contribution in [0.3, 0.4) is 0 Å². The Kier molecular flexibility index (Phi) is 5.33. The van der Waals surface area contributed by atoms with Crippen LogP contribution in [-0.4, -0.2) is 44.6 Å². The molecule has 0 unspecified atom stereocenters. The molecule has 1 saturated heterocycles. The number of ether oxygens (including phenoxy) is 1. The standard InChI is InChI=1S/C15H18N4O4S2/c1-10-13(16-5-7-23-10)14(20)18-11-3-2-4-12(9-11)25(21,22)19-15-17-6-8-24-15/h2-4,6,8-10,13,16H,5,7H2,1H3,(H,17,19)(H,18,20)/t10-,13+/m1/s1. The summed E-state index contributed by atoms with van der Waals surface area (Å²) in [5.74, 6) is -0.269. The Labute approximate surface area is 149 Å². The molecule has 0 aliphatic carbocycles. The van der Waals surface area contributed by atoms with Crippen molar-refractivity contribution in [2.24, 2.45) is 0 Å². The molecule has 2 heterocycles. The van der Waals surface area contributed by atoms with Gasteiger partial charge in [0.25, 0.3) is 10.0 Å². The van der Waals surface area contributed by atoms with Crippen LogP contribution in [0.4, 0.5) is 10.8 Å². The van der Waals surface area contributed by atoms with E-state index >= 15 is 0 Å². The molecule has 0 saturated carbocycles. The Bertz CT molecular complexity index is 839. The van der Waals surface area contributed by atoms with Gasteiger partial charge < -0.3 is 15.4 Å². The third-order valence-corrected chi connectivity index (χ3v) is 5.82. The largest absolute Gasteiger partial charge is 0.375 e. The van der Waals surface area contributed by atoms with Crippen molar-refractivity contribution in [1.82, 2.24) is 10.3 Å². The molecule has 1 aromatic heterocycles. The lowest BCUT2D eigenvalue weighted by Gasteiger charge is -2.29. The van der Waals surface area contributed by atoms with Gasteiger partial charge in [-0.2, -0.15) is 0 Å². The Balaban J connectivity index is 1.74. The molecule has 1 amide bonds. The van der Waals surface area contributed by atoms with E-state index in [9.17, 15) is 13.2 Å². The van der Waals surface area contributed by atoms with Crippen LogP contribution in [0.25, 0.3) is 0 Å². The zero-order chi connectivity index (χ0) is 17.9. The minimum Gasteiger partial charge on any atom is -0.375 e. The molecular formula is C15H18N4O4S2. The van der Waals surface area contributed by atoms with Crippen LogP contribution in [0.1, 0.15) is 6.92 Å². The van der Waals surface area contributed by atoms with Gasteiger partial charge in [0.15, 0.2) is 5.13 Å². The highest BCUT2D eigenvalue weighted by molar-refractivity contribution is 7.93. The third-order valence-electron chi connectivity index (χ3n) is 3.66. The number of aromatic nitrogens is 1. The molecule has 0 bridgehead atoms. The number of nitrogens with one attached hydrogen (secondary N) is 3. The van der Waals surface area contributed by atoms with Crippen molar-refractivity contribution < 1.29 is 17.9 Å². The molecular weight excluding hydrogens is 364 g/mol. The summed E-state index contributed by atoms with van der Waals surface area (Å²) in [6.07, 6.45) is 1.26. The fraction of sp³-hybridized carbons (Fsp3) is 0.333. The van der Waals surface area contributed by atoms with Crippen molar-refractivity contribution in [3.05, 3.63) is 35.8 Å². The van der Waals surface area contributed by atoms with E-state index in [1.54, 1.807) is 17.5 Å². The molecule has 10 heteroatoms. The number of nitrogens with zero attached hydrogens (tertiary/aromatic N) is 1. The van der Waals surface area contributed by atoms with E-state index in [2.05, 4.69) is 20.3 Å². The number of benzene rings is 1. The average Bonchev–Trinajstić information content (AvgIpc) is 3.07. The summed E-state index contributed by atoms with van der Waals surface area (Å²) in [6.45, 7) is 2.96. The number of rotatable bonds is 5. The zero-order valence-electron chi connectivity index (χ0n) is 13.4. The van der Waals surface area contributed by atoms with Gasteiger partial charge in [0.1, 0.15) is 6.04 Å². The molecule has 8 nitrogen and oxygen atoms in total. The van der Waals surface area contributed by atoms with Gasteiger partial charge in [-0.15, -0.1) is 11.3 Å². The lowest BCUT2D eigenvalue weighted by Crippen LogP contribution is -2.53. The summed E-state index contributed by atoms with van der Waals surface area (Å²) in [4.78, 5) is 16.3. The Morgan fingerprint density at radius 2 is 2.28 bits per heavy atom. The van der Waals surface area contributed by atoms with Gasteiger partial charge in [0.2, 0.25) is 5.91 Å². The average molecular weight is 382 g/mol. The number of amides is 1. The highest BCUT2D eigenvalue weighted by Crippen LogP contribution is 2.21. The molecule has 1 aromatic carbocycles. The maximum atomic E-state index is 12.4. The third kappa shape index (κ3) is 4.34. The predicted molar refractivity (Wildman–Crippen MR) is 95.2 cm³/mol. The maximum absolute atomic E-state index is 12.4. The van der Waals surface area contributed by atoms with Gasteiger partial charge in [0.05, 0.1) is 17.6 Å². The van der Waals surface area contributed by atoms with Crippen molar-refractivity contribution >= 4 is 38.1 Å². The van der Waals surface area contributed by atoms with Crippen molar-refractivity contribution in [1.29, 1.82) is 0 Å². The highest BCUT2D eigenvalue weighted by atomic mass is 32.2. The molecule has 2 aromatic rings. The van der Waals surface area contributed by atoms with Crippen LogP contribution >= 0.6 is 11.3 Å². The lowest BCUT2D eigenvalue weighted by molar-refractivity contribution is -0.123. The minimum absolute atomic E-state index is 0.0430. The normalized spacial score (nSPS) is 20.8. The maximum Gasteiger partial charge on any atom is 0.263 e. The molecule has 2 atom stereocenters. The van der Waals surface area contributed by atoms with Crippen LogP contribution < -0.4 is 15.4 Å². The quantitative estimate of drug-likeness (QED) is 0.718. The number of hydrogen-bond donors (Lipinski definition) is 3. The summed E-state index contributed by atoms with van der Waals surface area (Å²) in [7, 11) is -3.77. The van der Waals surface area contributed by atoms with Crippen LogP contribution in [-0.2, 0) is 19.6 Å². The van der Waals surface area contributed by atoms with Gasteiger partial charge >= 0.3 is 0 Å². The first-order chi connectivity index (χ1) is 12.0. The van der Waals surface area contributed by atoms with Gasteiger partial charge in [-0.1, -0.05) is 6.07 Å². The topological polar surface area (TPSA) is 109 Å². The second-order valence-corrected chi connectivity index (χ2v) is 8.04. The van der Waals surface area contributed by atoms with E-state index < -0.39 is 16.1 Å². The fourth-order valence-electron chi connectivity index (χ4n) is 2.44. The molecule has 1 fully saturated rings. The SMILES string of the molecule is C[C@H]1OCCN[C@@H]1C(=O)Nc1cccc(S(=O)(=O)Nc2nccs2)c1. The van der Waals surface area contributed by atoms with Crippen LogP contribution in [0.15, 0.2) is 40.7 Å². The van der Waals surface area contributed by atoms with E-state index in [0.717, 1.165) is 0 Å². The fourth-order valence-corrected chi connectivity index (χ4v) is 4.27. The zero-order valence-corrected chi connectivity index (χ0v) is 15.1. The summed E-state index contributed by atoms with van der Waals surface area (Å²) in [5.41, 5.74) is 0.395. The molecule has 3 rings (SSSR count).